The van der Waals surface area contributed by atoms with Crippen LogP contribution in [-0.4, -0.2) is 28.9 Å². The summed E-state index contributed by atoms with van der Waals surface area (Å²) < 4.78 is 5.93. The zero-order valence-electron chi connectivity index (χ0n) is 17.7. The van der Waals surface area contributed by atoms with Crippen LogP contribution in [0, 0.1) is 13.8 Å². The highest BCUT2D eigenvalue weighted by Crippen LogP contribution is 2.28. The minimum absolute atomic E-state index is 0.00915. The van der Waals surface area contributed by atoms with Gasteiger partial charge in [0.15, 0.2) is 0 Å². The maximum Gasteiger partial charge on any atom is 0.272 e. The van der Waals surface area contributed by atoms with Crippen LogP contribution in [0.3, 0.4) is 0 Å². The fourth-order valence-corrected chi connectivity index (χ4v) is 4.10. The molecule has 1 aliphatic heterocycles. The topological polar surface area (TPSA) is 42.4 Å². The molecule has 1 fully saturated rings. The van der Waals surface area contributed by atoms with Crippen molar-refractivity contribution in [1.82, 2.24) is 9.88 Å². The predicted octanol–water partition coefficient (Wildman–Crippen LogP) is 5.30. The van der Waals surface area contributed by atoms with Gasteiger partial charge in [-0.1, -0.05) is 54.1 Å². The molecule has 154 valence electrons. The van der Waals surface area contributed by atoms with Gasteiger partial charge in [-0.05, 0) is 61.9 Å². The van der Waals surface area contributed by atoms with Gasteiger partial charge in [-0.3, -0.25) is 4.79 Å². The molecule has 0 unspecified atom stereocenters. The van der Waals surface area contributed by atoms with Gasteiger partial charge in [-0.2, -0.15) is 0 Å². The van der Waals surface area contributed by atoms with Gasteiger partial charge in [0.05, 0.1) is 5.69 Å². The molecule has 4 heteroatoms. The quantitative estimate of drug-likeness (QED) is 0.584. The van der Waals surface area contributed by atoms with Gasteiger partial charge in [0.25, 0.3) is 5.91 Å². The normalized spacial score (nSPS) is 14.5. The van der Waals surface area contributed by atoms with E-state index in [2.05, 4.69) is 42.2 Å². The lowest BCUT2D eigenvalue weighted by Crippen LogP contribution is -2.38. The van der Waals surface area contributed by atoms with Gasteiger partial charge in [0.2, 0.25) is 0 Å². The lowest BCUT2D eigenvalue weighted by Gasteiger charge is -2.32. The Bertz CT molecular complexity index is 1010. The molecule has 0 atom stereocenters. The van der Waals surface area contributed by atoms with Gasteiger partial charge in [0, 0.05) is 13.1 Å². The van der Waals surface area contributed by atoms with Crippen LogP contribution in [-0.2, 0) is 6.61 Å². The Morgan fingerprint density at radius 1 is 1.00 bits per heavy atom. The molecule has 0 aliphatic carbocycles. The third-order valence-corrected chi connectivity index (χ3v) is 5.79. The number of likely N-dealkylation sites (tertiary alicyclic amines) is 1. The van der Waals surface area contributed by atoms with Crippen molar-refractivity contribution in [2.45, 2.75) is 39.2 Å². The molecule has 30 heavy (non-hydrogen) atoms. The van der Waals surface area contributed by atoms with E-state index in [-0.39, 0.29) is 5.91 Å². The average Bonchev–Trinajstić information content (AvgIpc) is 2.79. The van der Waals surface area contributed by atoms with Gasteiger partial charge < -0.3 is 9.64 Å². The lowest BCUT2D eigenvalue weighted by atomic mass is 9.89. The standard InChI is InChI=1S/C26H28N2O2/c1-19-11-12-25(20(2)17-19)30-18-23-9-6-10-24(27-23)26(29)28-15-13-22(14-16-28)21-7-4-3-5-8-21/h3-12,17,22H,13-16,18H2,1-2H3. The maximum atomic E-state index is 13.0. The van der Waals surface area contributed by atoms with E-state index in [4.69, 9.17) is 4.74 Å². The fourth-order valence-electron chi connectivity index (χ4n) is 4.10. The third-order valence-electron chi connectivity index (χ3n) is 5.79. The number of carbonyl (C=O) groups is 1. The van der Waals surface area contributed by atoms with Crippen molar-refractivity contribution in [3.05, 3.63) is 94.8 Å². The Kier molecular flexibility index (Phi) is 6.12. The summed E-state index contributed by atoms with van der Waals surface area (Å²) in [5, 5.41) is 0. The molecule has 4 nitrogen and oxygen atoms in total. The first-order valence-corrected chi connectivity index (χ1v) is 10.6. The minimum Gasteiger partial charge on any atom is -0.487 e. The molecule has 3 aromatic rings. The lowest BCUT2D eigenvalue weighted by molar-refractivity contribution is 0.0706. The van der Waals surface area contributed by atoms with Crippen LogP contribution < -0.4 is 4.74 Å². The molecule has 0 saturated carbocycles. The Morgan fingerprint density at radius 3 is 2.50 bits per heavy atom. The maximum absolute atomic E-state index is 13.0. The van der Waals surface area contributed by atoms with Gasteiger partial charge in [-0.15, -0.1) is 0 Å². The van der Waals surface area contributed by atoms with Crippen molar-refractivity contribution in [2.75, 3.05) is 13.1 Å². The van der Waals surface area contributed by atoms with Crippen LogP contribution in [0.2, 0.25) is 0 Å². The summed E-state index contributed by atoms with van der Waals surface area (Å²) in [4.78, 5) is 19.5. The second kappa shape index (κ2) is 9.12. The average molecular weight is 401 g/mol. The van der Waals surface area contributed by atoms with Gasteiger partial charge in [0.1, 0.15) is 18.1 Å². The van der Waals surface area contributed by atoms with E-state index >= 15 is 0 Å². The molecule has 2 aromatic carbocycles. The number of carbonyl (C=O) groups excluding carboxylic acids is 1. The minimum atomic E-state index is 0.00915. The summed E-state index contributed by atoms with van der Waals surface area (Å²) in [6.07, 6.45) is 1.98. The number of piperidine rings is 1. The van der Waals surface area contributed by atoms with Crippen molar-refractivity contribution < 1.29 is 9.53 Å². The monoisotopic (exact) mass is 400 g/mol. The number of hydrogen-bond acceptors (Lipinski definition) is 3. The zero-order valence-corrected chi connectivity index (χ0v) is 17.7. The summed E-state index contributed by atoms with van der Waals surface area (Å²) in [6.45, 7) is 5.98. The van der Waals surface area contributed by atoms with E-state index in [0.717, 1.165) is 42.9 Å². The van der Waals surface area contributed by atoms with Crippen LogP contribution in [0.15, 0.2) is 66.7 Å². The molecule has 0 bridgehead atoms. The molecule has 1 saturated heterocycles. The van der Waals surface area contributed by atoms with E-state index in [1.54, 1.807) is 6.07 Å². The molecule has 1 amide bonds. The van der Waals surface area contributed by atoms with E-state index in [1.807, 2.05) is 42.2 Å². The van der Waals surface area contributed by atoms with E-state index in [1.165, 1.54) is 11.1 Å². The van der Waals surface area contributed by atoms with Gasteiger partial charge >= 0.3 is 0 Å². The van der Waals surface area contributed by atoms with Gasteiger partial charge in [-0.25, -0.2) is 4.98 Å². The SMILES string of the molecule is Cc1ccc(OCc2cccc(C(=O)N3CCC(c4ccccc4)CC3)n2)c(C)c1. The number of ether oxygens (including phenoxy) is 1. The zero-order chi connectivity index (χ0) is 20.9. The van der Waals surface area contributed by atoms with Crippen LogP contribution in [0.1, 0.15) is 51.6 Å². The molecule has 1 aliphatic rings. The molecule has 0 N–H and O–H groups in total. The van der Waals surface area contributed by atoms with Crippen molar-refractivity contribution in [1.29, 1.82) is 0 Å². The molecule has 0 radical (unpaired) electrons. The smallest absolute Gasteiger partial charge is 0.272 e. The first-order chi connectivity index (χ1) is 14.6. The third kappa shape index (κ3) is 4.70. The van der Waals surface area contributed by atoms with Crippen molar-refractivity contribution >= 4 is 5.91 Å². The number of rotatable bonds is 5. The summed E-state index contributed by atoms with van der Waals surface area (Å²) in [6, 6.07) is 22.3. The highest BCUT2D eigenvalue weighted by atomic mass is 16.5. The summed E-state index contributed by atoms with van der Waals surface area (Å²) in [5.41, 5.74) is 4.94. The first-order valence-electron chi connectivity index (χ1n) is 10.6. The molecular formula is C26H28N2O2. The predicted molar refractivity (Wildman–Crippen MR) is 119 cm³/mol. The summed E-state index contributed by atoms with van der Waals surface area (Å²) in [7, 11) is 0. The van der Waals surface area contributed by atoms with Crippen molar-refractivity contribution in [3.63, 3.8) is 0 Å². The van der Waals surface area contributed by atoms with Crippen molar-refractivity contribution in [3.8, 4) is 5.75 Å². The van der Waals surface area contributed by atoms with E-state index in [9.17, 15) is 4.79 Å². The number of pyridine rings is 1. The van der Waals surface area contributed by atoms with Crippen LogP contribution in [0.5, 0.6) is 5.75 Å². The molecule has 4 rings (SSSR count). The second-order valence-electron chi connectivity index (χ2n) is 8.05. The highest BCUT2D eigenvalue weighted by molar-refractivity contribution is 5.92. The van der Waals surface area contributed by atoms with E-state index < -0.39 is 0 Å². The second-order valence-corrected chi connectivity index (χ2v) is 8.05. The molecular weight excluding hydrogens is 372 g/mol. The number of benzene rings is 2. The highest BCUT2D eigenvalue weighted by Gasteiger charge is 2.25. The number of nitrogens with zero attached hydrogens (tertiary/aromatic N) is 2. The molecule has 2 heterocycles. The Morgan fingerprint density at radius 2 is 1.77 bits per heavy atom. The summed E-state index contributed by atoms with van der Waals surface area (Å²) in [5.74, 6) is 1.39. The Balaban J connectivity index is 1.37. The molecule has 1 aromatic heterocycles. The number of amides is 1. The van der Waals surface area contributed by atoms with E-state index in [0.29, 0.717) is 18.2 Å². The summed E-state index contributed by atoms with van der Waals surface area (Å²) >= 11 is 0. The molecule has 0 spiro atoms. The largest absolute Gasteiger partial charge is 0.487 e. The number of hydrogen-bond donors (Lipinski definition) is 0. The Labute approximate surface area is 178 Å². The van der Waals surface area contributed by atoms with Crippen LogP contribution >= 0.6 is 0 Å². The number of aryl methyl sites for hydroxylation is 2. The number of aromatic nitrogens is 1. The Hall–Kier alpha value is -3.14. The van der Waals surface area contributed by atoms with Crippen LogP contribution in [0.25, 0.3) is 0 Å². The first kappa shape index (κ1) is 20.1. The van der Waals surface area contributed by atoms with Crippen LogP contribution in [0.4, 0.5) is 0 Å². The van der Waals surface area contributed by atoms with Crippen molar-refractivity contribution in [2.24, 2.45) is 0 Å². The fraction of sp³-hybridized carbons (Fsp3) is 0.308.